The maximum absolute atomic E-state index is 11.2. The average Bonchev–Trinajstić information content (AvgIpc) is 2.42. The standard InChI is InChI=1S/C17H34O6P2/c1-15(2)11-10-13-16(3)12-8-6-4-5-7-9-14-17(24(18,19)20)25(21,22)23/h11-12,17H,4-10,13-14H2,1-3H3,(H2,18,19,20)(H2,21,22,23)/b16-12+. The molecule has 0 aromatic carbocycles. The average molecular weight is 396 g/mol. The molecule has 0 aliphatic heterocycles. The lowest BCUT2D eigenvalue weighted by atomic mass is 10.1. The first-order valence-corrected chi connectivity index (χ1v) is 12.2. The van der Waals surface area contributed by atoms with Crippen LogP contribution in [-0.2, 0) is 9.13 Å². The quantitative estimate of drug-likeness (QED) is 0.196. The fourth-order valence-corrected chi connectivity index (χ4v) is 5.18. The van der Waals surface area contributed by atoms with Crippen LogP contribution in [0.1, 0.15) is 78.6 Å². The minimum Gasteiger partial charge on any atom is -0.324 e. The molecular weight excluding hydrogens is 362 g/mol. The third-order valence-corrected chi connectivity index (χ3v) is 7.90. The molecule has 25 heavy (non-hydrogen) atoms. The van der Waals surface area contributed by atoms with E-state index in [0.717, 1.165) is 44.9 Å². The molecule has 6 nitrogen and oxygen atoms in total. The van der Waals surface area contributed by atoms with E-state index in [4.69, 9.17) is 19.6 Å². The van der Waals surface area contributed by atoms with Crippen molar-refractivity contribution in [2.75, 3.05) is 0 Å². The highest BCUT2D eigenvalue weighted by Gasteiger charge is 2.42. The van der Waals surface area contributed by atoms with Crippen molar-refractivity contribution < 1.29 is 28.7 Å². The highest BCUT2D eigenvalue weighted by atomic mass is 31.2. The molecular formula is C17H34O6P2. The number of allylic oxidation sites excluding steroid dienone is 4. The smallest absolute Gasteiger partial charge is 0.324 e. The Morgan fingerprint density at radius 2 is 1.32 bits per heavy atom. The number of hydrogen-bond donors (Lipinski definition) is 4. The summed E-state index contributed by atoms with van der Waals surface area (Å²) in [6.45, 7) is 6.34. The summed E-state index contributed by atoms with van der Waals surface area (Å²) in [5.74, 6) is 0. The van der Waals surface area contributed by atoms with Crippen LogP contribution in [0.3, 0.4) is 0 Å². The first-order valence-electron chi connectivity index (χ1n) is 8.84. The van der Waals surface area contributed by atoms with Gasteiger partial charge in [-0.1, -0.05) is 49.0 Å². The third-order valence-electron chi connectivity index (χ3n) is 4.03. The van der Waals surface area contributed by atoms with Crippen LogP contribution in [0.2, 0.25) is 0 Å². The molecule has 0 saturated carbocycles. The fourth-order valence-electron chi connectivity index (χ4n) is 2.57. The first-order chi connectivity index (χ1) is 11.4. The van der Waals surface area contributed by atoms with Gasteiger partial charge < -0.3 is 19.6 Å². The van der Waals surface area contributed by atoms with Gasteiger partial charge in [-0.15, -0.1) is 0 Å². The Balaban J connectivity index is 3.88. The summed E-state index contributed by atoms with van der Waals surface area (Å²) >= 11 is 0. The van der Waals surface area contributed by atoms with Crippen molar-refractivity contribution in [2.45, 2.75) is 84.0 Å². The molecule has 4 N–H and O–H groups in total. The minimum atomic E-state index is -4.77. The van der Waals surface area contributed by atoms with Crippen LogP contribution in [-0.4, -0.2) is 25.0 Å². The topological polar surface area (TPSA) is 115 Å². The monoisotopic (exact) mass is 396 g/mol. The van der Waals surface area contributed by atoms with Gasteiger partial charge in [-0.2, -0.15) is 0 Å². The molecule has 0 spiro atoms. The molecule has 0 rings (SSSR count). The van der Waals surface area contributed by atoms with Crippen molar-refractivity contribution in [3.63, 3.8) is 0 Å². The Hall–Kier alpha value is -0.220. The molecule has 0 unspecified atom stereocenters. The van der Waals surface area contributed by atoms with E-state index in [2.05, 4.69) is 32.9 Å². The van der Waals surface area contributed by atoms with E-state index in [-0.39, 0.29) is 6.42 Å². The number of hydrogen-bond acceptors (Lipinski definition) is 2. The van der Waals surface area contributed by atoms with Crippen molar-refractivity contribution in [1.29, 1.82) is 0 Å². The van der Waals surface area contributed by atoms with Crippen LogP contribution in [0, 0.1) is 0 Å². The van der Waals surface area contributed by atoms with Gasteiger partial charge in [0, 0.05) is 0 Å². The zero-order valence-corrected chi connectivity index (χ0v) is 17.4. The molecule has 0 amide bonds. The molecule has 0 aromatic heterocycles. The molecule has 8 heteroatoms. The van der Waals surface area contributed by atoms with E-state index in [1.807, 2.05) is 0 Å². The summed E-state index contributed by atoms with van der Waals surface area (Å²) in [5, 5.41) is -1.86. The fraction of sp³-hybridized carbons (Fsp3) is 0.765. The van der Waals surface area contributed by atoms with E-state index in [0.29, 0.717) is 6.42 Å². The van der Waals surface area contributed by atoms with E-state index in [9.17, 15) is 9.13 Å². The summed E-state index contributed by atoms with van der Waals surface area (Å²) in [4.78, 5) is 36.2. The molecule has 0 heterocycles. The van der Waals surface area contributed by atoms with Crippen LogP contribution in [0.25, 0.3) is 0 Å². The van der Waals surface area contributed by atoms with Crippen molar-refractivity contribution in [1.82, 2.24) is 0 Å². The van der Waals surface area contributed by atoms with Gasteiger partial charge in [-0.3, -0.25) is 9.13 Å². The Kier molecular flexibility index (Phi) is 12.1. The Morgan fingerprint density at radius 1 is 0.800 bits per heavy atom. The second-order valence-corrected chi connectivity index (χ2v) is 10.9. The molecule has 0 aromatic rings. The SMILES string of the molecule is CC(C)=CCC/C(C)=C/CCCCCCCC(P(=O)(O)O)P(=O)(O)O. The number of unbranched alkanes of at least 4 members (excludes halogenated alkanes) is 5. The Bertz CT molecular complexity index is 503. The summed E-state index contributed by atoms with van der Waals surface area (Å²) < 4.78 is 22.3. The van der Waals surface area contributed by atoms with Crippen LogP contribution in [0.4, 0.5) is 0 Å². The molecule has 0 fully saturated rings. The second kappa shape index (κ2) is 12.2. The largest absolute Gasteiger partial charge is 0.340 e. The third kappa shape index (κ3) is 13.6. The van der Waals surface area contributed by atoms with Crippen LogP contribution in [0.5, 0.6) is 0 Å². The van der Waals surface area contributed by atoms with Gasteiger partial charge in [0.25, 0.3) is 0 Å². The molecule has 0 radical (unpaired) electrons. The van der Waals surface area contributed by atoms with Crippen LogP contribution >= 0.6 is 15.2 Å². The van der Waals surface area contributed by atoms with Gasteiger partial charge in [0.2, 0.25) is 0 Å². The predicted molar refractivity (Wildman–Crippen MR) is 103 cm³/mol. The maximum atomic E-state index is 11.2. The molecule has 0 aliphatic carbocycles. The van der Waals surface area contributed by atoms with Crippen LogP contribution in [0.15, 0.2) is 23.3 Å². The van der Waals surface area contributed by atoms with Crippen molar-refractivity contribution in [3.8, 4) is 0 Å². The normalized spacial score (nSPS) is 13.4. The second-order valence-electron chi connectivity index (χ2n) is 6.87. The lowest BCUT2D eigenvalue weighted by Gasteiger charge is -2.19. The lowest BCUT2D eigenvalue weighted by Crippen LogP contribution is -2.09. The summed E-state index contributed by atoms with van der Waals surface area (Å²) in [6, 6.07) is 0. The highest BCUT2D eigenvalue weighted by molar-refractivity contribution is 7.70. The van der Waals surface area contributed by atoms with Gasteiger partial charge in [0.05, 0.1) is 0 Å². The van der Waals surface area contributed by atoms with E-state index < -0.39 is 20.6 Å². The van der Waals surface area contributed by atoms with Gasteiger partial charge in [-0.25, -0.2) is 0 Å². The van der Waals surface area contributed by atoms with Gasteiger partial charge in [-0.05, 0) is 52.9 Å². The maximum Gasteiger partial charge on any atom is 0.340 e. The van der Waals surface area contributed by atoms with E-state index in [1.54, 1.807) is 0 Å². The van der Waals surface area contributed by atoms with Gasteiger partial charge in [0.15, 0.2) is 5.40 Å². The molecule has 0 saturated heterocycles. The molecule has 148 valence electrons. The van der Waals surface area contributed by atoms with Crippen molar-refractivity contribution in [2.24, 2.45) is 0 Å². The Labute approximate surface area is 151 Å². The Morgan fingerprint density at radius 3 is 1.84 bits per heavy atom. The zero-order chi connectivity index (χ0) is 19.5. The van der Waals surface area contributed by atoms with Gasteiger partial charge >= 0.3 is 15.2 Å². The van der Waals surface area contributed by atoms with Gasteiger partial charge in [0.1, 0.15) is 0 Å². The van der Waals surface area contributed by atoms with Crippen molar-refractivity contribution >= 4 is 15.2 Å². The lowest BCUT2D eigenvalue weighted by molar-refractivity contribution is 0.333. The molecule has 0 atom stereocenters. The van der Waals surface area contributed by atoms with E-state index >= 15 is 0 Å². The summed E-state index contributed by atoms with van der Waals surface area (Å²) in [7, 11) is -9.53. The highest BCUT2D eigenvalue weighted by Crippen LogP contribution is 2.61. The predicted octanol–water partition coefficient (Wildman–Crippen LogP) is 5.09. The van der Waals surface area contributed by atoms with E-state index in [1.165, 1.54) is 11.1 Å². The van der Waals surface area contributed by atoms with Crippen LogP contribution < -0.4 is 0 Å². The summed E-state index contributed by atoms with van der Waals surface area (Å²) in [6.07, 6.45) is 11.6. The minimum absolute atomic E-state index is 0.141. The first kappa shape index (κ1) is 24.8. The van der Waals surface area contributed by atoms with Crippen molar-refractivity contribution in [3.05, 3.63) is 23.3 Å². The zero-order valence-electron chi connectivity index (χ0n) is 15.6. The number of rotatable bonds is 13. The summed E-state index contributed by atoms with van der Waals surface area (Å²) in [5.41, 5.74) is 2.73. The molecule has 0 bridgehead atoms. The molecule has 0 aliphatic rings.